The molecule has 0 aromatic heterocycles. The molecule has 3 aromatic rings. The van der Waals surface area contributed by atoms with Gasteiger partial charge in [0.05, 0.1) is 12.2 Å². The lowest BCUT2D eigenvalue weighted by Gasteiger charge is -2.33. The van der Waals surface area contributed by atoms with Gasteiger partial charge in [0.15, 0.2) is 4.91 Å². The van der Waals surface area contributed by atoms with E-state index in [4.69, 9.17) is 11.6 Å². The van der Waals surface area contributed by atoms with Gasteiger partial charge in [0.2, 0.25) is 0 Å². The molecule has 0 fully saturated rings. The summed E-state index contributed by atoms with van der Waals surface area (Å²) in [5, 5.41) is 2.97. The zero-order chi connectivity index (χ0) is 22.9. The van der Waals surface area contributed by atoms with Crippen molar-refractivity contribution in [1.29, 1.82) is 0 Å². The fourth-order valence-electron chi connectivity index (χ4n) is 3.57. The number of halogens is 2. The Bertz CT molecular complexity index is 1340. The summed E-state index contributed by atoms with van der Waals surface area (Å²) in [6.45, 7) is 3.61. The molecular weight excluding hydrogens is 451 g/mol. The first-order valence-corrected chi connectivity index (χ1v) is 11.4. The molecule has 8 heteroatoms. The Morgan fingerprint density at radius 3 is 2.41 bits per heavy atom. The molecule has 0 aliphatic carbocycles. The van der Waals surface area contributed by atoms with E-state index in [1.165, 1.54) is 30.3 Å². The summed E-state index contributed by atoms with van der Waals surface area (Å²) in [7, 11) is -4.27. The van der Waals surface area contributed by atoms with Crippen molar-refractivity contribution in [3.05, 3.63) is 112 Å². The van der Waals surface area contributed by atoms with Crippen molar-refractivity contribution >= 4 is 44.5 Å². The van der Waals surface area contributed by atoms with Gasteiger partial charge in [0.25, 0.3) is 15.9 Å². The average molecular weight is 469 g/mol. The van der Waals surface area contributed by atoms with Crippen LogP contribution < -0.4 is 9.62 Å². The van der Waals surface area contributed by atoms with Gasteiger partial charge < -0.3 is 5.32 Å². The maximum Gasteiger partial charge on any atom is 0.270 e. The maximum atomic E-state index is 13.7. The highest BCUT2D eigenvalue weighted by molar-refractivity contribution is 7.97. The molecule has 0 unspecified atom stereocenters. The zero-order valence-electron chi connectivity index (χ0n) is 16.8. The van der Waals surface area contributed by atoms with Gasteiger partial charge in [-0.1, -0.05) is 48.0 Å². The van der Waals surface area contributed by atoms with E-state index in [1.54, 1.807) is 48.5 Å². The molecular formula is C24H18ClFN2O3S. The van der Waals surface area contributed by atoms with Gasteiger partial charge in [0.1, 0.15) is 5.82 Å². The summed E-state index contributed by atoms with van der Waals surface area (Å²) < 4.78 is 41.8. The van der Waals surface area contributed by atoms with Gasteiger partial charge in [0, 0.05) is 21.8 Å². The monoisotopic (exact) mass is 468 g/mol. The summed E-state index contributed by atoms with van der Waals surface area (Å²) in [5.74, 6) is -1.31. The van der Waals surface area contributed by atoms with E-state index in [-0.39, 0.29) is 17.8 Å². The molecule has 1 heterocycles. The Kier molecular flexibility index (Phi) is 5.86. The van der Waals surface area contributed by atoms with Crippen LogP contribution in [-0.2, 0) is 14.8 Å². The van der Waals surface area contributed by atoms with E-state index in [0.29, 0.717) is 21.8 Å². The molecule has 1 aliphatic heterocycles. The summed E-state index contributed by atoms with van der Waals surface area (Å²) in [4.78, 5) is 12.9. The largest absolute Gasteiger partial charge is 0.321 e. The zero-order valence-corrected chi connectivity index (χ0v) is 18.3. The lowest BCUT2D eigenvalue weighted by Crippen LogP contribution is -2.39. The molecule has 162 valence electrons. The topological polar surface area (TPSA) is 66.5 Å². The molecule has 0 saturated carbocycles. The molecule has 1 aliphatic rings. The van der Waals surface area contributed by atoms with Gasteiger partial charge in [-0.3, -0.25) is 9.10 Å². The molecule has 1 amide bonds. The van der Waals surface area contributed by atoms with E-state index < -0.39 is 26.7 Å². The van der Waals surface area contributed by atoms with Gasteiger partial charge in [-0.05, 0) is 48.0 Å². The number of rotatable bonds is 5. The third-order valence-electron chi connectivity index (χ3n) is 4.94. The lowest BCUT2D eigenvalue weighted by molar-refractivity contribution is -0.112. The van der Waals surface area contributed by atoms with Gasteiger partial charge >= 0.3 is 0 Å². The minimum Gasteiger partial charge on any atom is -0.321 e. The van der Waals surface area contributed by atoms with Crippen LogP contribution in [0.25, 0.3) is 5.57 Å². The van der Waals surface area contributed by atoms with Crippen LogP contribution >= 0.6 is 11.6 Å². The molecule has 0 spiro atoms. The number of carbonyl (C=O) groups excluding carboxylic acids is 1. The fourth-order valence-corrected chi connectivity index (χ4v) is 5.46. The fraction of sp³-hybridized carbons (Fsp3) is 0.0417. The van der Waals surface area contributed by atoms with Crippen molar-refractivity contribution < 1.29 is 17.6 Å². The van der Waals surface area contributed by atoms with E-state index in [1.807, 2.05) is 0 Å². The first-order chi connectivity index (χ1) is 15.3. The van der Waals surface area contributed by atoms with E-state index >= 15 is 0 Å². The molecule has 32 heavy (non-hydrogen) atoms. The Hall–Kier alpha value is -3.42. The predicted octanol–water partition coefficient (Wildman–Crippen LogP) is 5.21. The number of amides is 1. The van der Waals surface area contributed by atoms with Crippen molar-refractivity contribution in [2.24, 2.45) is 0 Å². The van der Waals surface area contributed by atoms with Crippen LogP contribution in [0.1, 0.15) is 11.1 Å². The second kappa shape index (κ2) is 8.61. The van der Waals surface area contributed by atoms with Crippen LogP contribution in [0, 0.1) is 5.82 Å². The van der Waals surface area contributed by atoms with Gasteiger partial charge in [-0.25, -0.2) is 12.8 Å². The van der Waals surface area contributed by atoms with Crippen LogP contribution in [0.15, 0.2) is 90.4 Å². The van der Waals surface area contributed by atoms with Crippen molar-refractivity contribution in [1.82, 2.24) is 0 Å². The third kappa shape index (κ3) is 3.92. The molecule has 0 bridgehead atoms. The van der Waals surface area contributed by atoms with Crippen LogP contribution in [-0.4, -0.2) is 20.9 Å². The molecule has 1 N–H and O–H groups in total. The van der Waals surface area contributed by atoms with Gasteiger partial charge in [-0.2, -0.15) is 0 Å². The Morgan fingerprint density at radius 1 is 1.06 bits per heavy atom. The highest BCUT2D eigenvalue weighted by atomic mass is 35.5. The van der Waals surface area contributed by atoms with Crippen LogP contribution in [0.3, 0.4) is 0 Å². The average Bonchev–Trinajstić information content (AvgIpc) is 2.77. The van der Waals surface area contributed by atoms with Crippen LogP contribution in [0.5, 0.6) is 0 Å². The maximum absolute atomic E-state index is 13.7. The normalized spacial score (nSPS) is 14.6. The predicted molar refractivity (Wildman–Crippen MR) is 125 cm³/mol. The first kappa shape index (κ1) is 21.8. The number of nitrogens with zero attached hydrogens (tertiary/aromatic N) is 1. The molecule has 0 atom stereocenters. The third-order valence-corrected chi connectivity index (χ3v) is 7.00. The second-order valence-electron chi connectivity index (χ2n) is 7.02. The number of hydrogen-bond donors (Lipinski definition) is 1. The van der Waals surface area contributed by atoms with Crippen LogP contribution in [0.4, 0.5) is 15.8 Å². The highest BCUT2D eigenvalue weighted by Crippen LogP contribution is 2.44. The number of nitrogens with one attached hydrogen (secondary N) is 1. The van der Waals surface area contributed by atoms with Crippen molar-refractivity contribution in [3.63, 3.8) is 0 Å². The summed E-state index contributed by atoms with van der Waals surface area (Å²) in [6.07, 6.45) is 1.44. The minimum atomic E-state index is -4.27. The van der Waals surface area contributed by atoms with E-state index in [0.717, 1.165) is 4.31 Å². The SMILES string of the molecule is C=CCN1c2ccc(Cl)cc2C(c2ccccc2)=C(C(=O)Nc2ccc(F)cc2)S1(=O)=O. The second-order valence-corrected chi connectivity index (χ2v) is 9.25. The number of sulfonamides is 1. The quantitative estimate of drug-likeness (QED) is 0.522. The first-order valence-electron chi connectivity index (χ1n) is 9.63. The standard InChI is InChI=1S/C24H18ClFN2O3S/c1-2-14-28-21-13-8-17(25)15-20(21)22(16-6-4-3-5-7-16)23(32(28,30)31)24(29)27-19-11-9-18(26)10-12-19/h2-13,15H,1,14H2,(H,27,29). The number of anilines is 2. The van der Waals surface area contributed by atoms with E-state index in [2.05, 4.69) is 11.9 Å². The minimum absolute atomic E-state index is 0.0354. The molecule has 0 radical (unpaired) electrons. The smallest absolute Gasteiger partial charge is 0.270 e. The summed E-state index contributed by atoms with van der Waals surface area (Å²) in [6, 6.07) is 18.7. The Balaban J connectivity index is 2.00. The highest BCUT2D eigenvalue weighted by Gasteiger charge is 2.41. The summed E-state index contributed by atoms with van der Waals surface area (Å²) >= 11 is 6.25. The Labute approximate surface area is 190 Å². The molecule has 4 rings (SSSR count). The number of hydrogen-bond acceptors (Lipinski definition) is 3. The summed E-state index contributed by atoms with van der Waals surface area (Å²) in [5.41, 5.74) is 1.94. The number of fused-ring (bicyclic) bond motifs is 1. The molecule has 0 saturated heterocycles. The Morgan fingerprint density at radius 2 is 1.75 bits per heavy atom. The number of benzene rings is 3. The lowest BCUT2D eigenvalue weighted by atomic mass is 9.95. The molecule has 3 aromatic carbocycles. The van der Waals surface area contributed by atoms with Gasteiger partial charge in [-0.15, -0.1) is 6.58 Å². The molecule has 5 nitrogen and oxygen atoms in total. The van der Waals surface area contributed by atoms with Crippen molar-refractivity contribution in [2.75, 3.05) is 16.2 Å². The van der Waals surface area contributed by atoms with Crippen LogP contribution in [0.2, 0.25) is 5.02 Å². The number of carbonyl (C=O) groups is 1. The van der Waals surface area contributed by atoms with E-state index in [9.17, 15) is 17.6 Å². The van der Waals surface area contributed by atoms with Crippen molar-refractivity contribution in [3.8, 4) is 0 Å². The van der Waals surface area contributed by atoms with Crippen molar-refractivity contribution in [2.45, 2.75) is 0 Å².